The van der Waals surface area contributed by atoms with Crippen molar-refractivity contribution in [3.63, 3.8) is 0 Å². The number of hydrogen-bond donors (Lipinski definition) is 1. The molecule has 0 aliphatic heterocycles. The van der Waals surface area contributed by atoms with Crippen molar-refractivity contribution in [2.45, 2.75) is 38.6 Å². The van der Waals surface area contributed by atoms with Crippen molar-refractivity contribution in [1.82, 2.24) is 9.55 Å². The van der Waals surface area contributed by atoms with Gasteiger partial charge in [-0.2, -0.15) is 0 Å². The second-order valence-corrected chi connectivity index (χ2v) is 4.86. The van der Waals surface area contributed by atoms with Gasteiger partial charge in [-0.25, -0.2) is 9.78 Å². The Hall–Kier alpha value is -1.84. The van der Waals surface area contributed by atoms with E-state index in [0.717, 1.165) is 24.2 Å². The highest BCUT2D eigenvalue weighted by Gasteiger charge is 2.28. The van der Waals surface area contributed by atoms with E-state index < -0.39 is 5.97 Å². The largest absolute Gasteiger partial charge is 0.478 e. The molecular weight excluding hydrogens is 228 g/mol. The Morgan fingerprint density at radius 1 is 1.50 bits per heavy atom. The van der Waals surface area contributed by atoms with Crippen LogP contribution in [0.4, 0.5) is 0 Å². The van der Waals surface area contributed by atoms with Crippen molar-refractivity contribution in [2.24, 2.45) is 0 Å². The Balaban J connectivity index is 2.25. The summed E-state index contributed by atoms with van der Waals surface area (Å²) < 4.78 is 2.24. The lowest BCUT2D eigenvalue weighted by Gasteiger charge is -2.06. The third-order valence-corrected chi connectivity index (χ3v) is 3.41. The molecule has 1 aromatic heterocycles. The molecule has 4 nitrogen and oxygen atoms in total. The molecule has 1 aliphatic carbocycles. The van der Waals surface area contributed by atoms with E-state index in [1.54, 1.807) is 6.07 Å². The van der Waals surface area contributed by atoms with E-state index in [2.05, 4.69) is 16.5 Å². The van der Waals surface area contributed by atoms with E-state index >= 15 is 0 Å². The number of nitrogens with zero attached hydrogens (tertiary/aromatic N) is 2. The van der Waals surface area contributed by atoms with E-state index in [4.69, 9.17) is 0 Å². The summed E-state index contributed by atoms with van der Waals surface area (Å²) in [4.78, 5) is 15.8. The summed E-state index contributed by atoms with van der Waals surface area (Å²) in [6.45, 7) is 2.12. The second kappa shape index (κ2) is 4.12. The average Bonchev–Trinajstić information content (AvgIpc) is 3.10. The molecule has 1 saturated carbocycles. The van der Waals surface area contributed by atoms with Crippen molar-refractivity contribution >= 4 is 17.0 Å². The molecule has 1 aliphatic rings. The van der Waals surface area contributed by atoms with Gasteiger partial charge in [-0.15, -0.1) is 0 Å². The number of aromatic carboxylic acids is 1. The Morgan fingerprint density at radius 2 is 2.28 bits per heavy atom. The molecular formula is C14H16N2O2. The maximum atomic E-state index is 11.2. The van der Waals surface area contributed by atoms with Crippen LogP contribution in [0, 0.1) is 0 Å². The number of benzene rings is 1. The van der Waals surface area contributed by atoms with Crippen LogP contribution in [0.25, 0.3) is 11.0 Å². The summed E-state index contributed by atoms with van der Waals surface area (Å²) in [7, 11) is 0. The van der Waals surface area contributed by atoms with Crippen LogP contribution < -0.4 is 0 Å². The van der Waals surface area contributed by atoms with Gasteiger partial charge in [0.2, 0.25) is 0 Å². The molecule has 0 saturated heterocycles. The zero-order valence-electron chi connectivity index (χ0n) is 10.4. The van der Waals surface area contributed by atoms with Crippen LogP contribution in [0.1, 0.15) is 48.4 Å². The predicted molar refractivity (Wildman–Crippen MR) is 69.0 cm³/mol. The fraction of sp³-hybridized carbons (Fsp3) is 0.429. The van der Waals surface area contributed by atoms with Gasteiger partial charge in [0.25, 0.3) is 0 Å². The van der Waals surface area contributed by atoms with E-state index in [0.29, 0.717) is 17.1 Å². The molecule has 0 amide bonds. The van der Waals surface area contributed by atoms with E-state index in [1.165, 1.54) is 12.8 Å². The van der Waals surface area contributed by atoms with Crippen LogP contribution in [0.2, 0.25) is 0 Å². The van der Waals surface area contributed by atoms with E-state index in [9.17, 15) is 9.90 Å². The van der Waals surface area contributed by atoms with Gasteiger partial charge in [-0.1, -0.05) is 13.0 Å². The standard InChI is InChI=1S/C14H16N2O2/c1-2-4-12-15-13-10(14(17)18)5-3-6-11(13)16(12)9-7-8-9/h3,5-6,9H,2,4,7-8H2,1H3,(H,17,18). The van der Waals surface area contributed by atoms with Gasteiger partial charge in [0, 0.05) is 12.5 Å². The van der Waals surface area contributed by atoms with Gasteiger partial charge in [-0.05, 0) is 31.4 Å². The molecule has 94 valence electrons. The smallest absolute Gasteiger partial charge is 0.337 e. The van der Waals surface area contributed by atoms with Crippen molar-refractivity contribution in [1.29, 1.82) is 0 Å². The average molecular weight is 244 g/mol. The monoisotopic (exact) mass is 244 g/mol. The molecule has 1 aromatic carbocycles. The number of imidazole rings is 1. The predicted octanol–water partition coefficient (Wildman–Crippen LogP) is 3.02. The highest BCUT2D eigenvalue weighted by molar-refractivity contribution is 6.01. The van der Waals surface area contributed by atoms with Crippen molar-refractivity contribution in [3.05, 3.63) is 29.6 Å². The summed E-state index contributed by atoms with van der Waals surface area (Å²) in [6.07, 6.45) is 4.29. The lowest BCUT2D eigenvalue weighted by molar-refractivity contribution is 0.0699. The molecule has 1 N–H and O–H groups in total. The van der Waals surface area contributed by atoms with E-state index in [1.807, 2.05) is 12.1 Å². The minimum atomic E-state index is -0.899. The van der Waals surface area contributed by atoms with Crippen LogP contribution in [0.3, 0.4) is 0 Å². The van der Waals surface area contributed by atoms with Gasteiger partial charge in [-0.3, -0.25) is 0 Å². The Kier molecular flexibility index (Phi) is 2.58. The van der Waals surface area contributed by atoms with Gasteiger partial charge < -0.3 is 9.67 Å². The Bertz CT molecular complexity index is 612. The molecule has 0 radical (unpaired) electrons. The molecule has 3 rings (SSSR count). The fourth-order valence-corrected chi connectivity index (χ4v) is 2.48. The molecule has 0 atom stereocenters. The fourth-order valence-electron chi connectivity index (χ4n) is 2.48. The lowest BCUT2D eigenvalue weighted by Crippen LogP contribution is -2.01. The van der Waals surface area contributed by atoms with Crippen molar-refractivity contribution < 1.29 is 9.90 Å². The zero-order valence-corrected chi connectivity index (χ0v) is 10.4. The molecule has 0 unspecified atom stereocenters. The van der Waals surface area contributed by atoms with Crippen LogP contribution in [-0.2, 0) is 6.42 Å². The summed E-state index contributed by atoms with van der Waals surface area (Å²) >= 11 is 0. The second-order valence-electron chi connectivity index (χ2n) is 4.86. The molecule has 1 heterocycles. The van der Waals surface area contributed by atoms with E-state index in [-0.39, 0.29) is 0 Å². The molecule has 1 fully saturated rings. The minimum Gasteiger partial charge on any atom is -0.478 e. The highest BCUT2D eigenvalue weighted by atomic mass is 16.4. The van der Waals surface area contributed by atoms with Crippen LogP contribution in [0.15, 0.2) is 18.2 Å². The maximum Gasteiger partial charge on any atom is 0.337 e. The van der Waals surface area contributed by atoms with Crippen LogP contribution >= 0.6 is 0 Å². The minimum absolute atomic E-state index is 0.309. The molecule has 0 bridgehead atoms. The number of aromatic nitrogens is 2. The number of fused-ring (bicyclic) bond motifs is 1. The molecule has 4 heteroatoms. The Labute approximate surface area is 105 Å². The number of aryl methyl sites for hydroxylation is 1. The quantitative estimate of drug-likeness (QED) is 0.899. The van der Waals surface area contributed by atoms with Crippen molar-refractivity contribution in [3.8, 4) is 0 Å². The molecule has 18 heavy (non-hydrogen) atoms. The first-order chi connectivity index (χ1) is 8.72. The Morgan fingerprint density at radius 3 is 2.89 bits per heavy atom. The number of carbonyl (C=O) groups is 1. The summed E-state index contributed by atoms with van der Waals surface area (Å²) in [5.41, 5.74) is 1.92. The first-order valence-electron chi connectivity index (χ1n) is 6.45. The SMILES string of the molecule is CCCc1nc2c(C(=O)O)cccc2n1C1CC1. The molecule has 0 spiro atoms. The topological polar surface area (TPSA) is 55.1 Å². The number of carboxylic acids is 1. The summed E-state index contributed by atoms with van der Waals surface area (Å²) in [5, 5.41) is 9.22. The number of carboxylic acid groups (broad SMARTS) is 1. The first kappa shape index (κ1) is 11.3. The van der Waals surface area contributed by atoms with Gasteiger partial charge >= 0.3 is 5.97 Å². The number of para-hydroxylation sites is 1. The summed E-state index contributed by atoms with van der Waals surface area (Å²) in [5.74, 6) is 0.132. The van der Waals surface area contributed by atoms with Crippen LogP contribution in [-0.4, -0.2) is 20.6 Å². The first-order valence-corrected chi connectivity index (χ1v) is 6.45. The van der Waals surface area contributed by atoms with Crippen LogP contribution in [0.5, 0.6) is 0 Å². The normalized spacial score (nSPS) is 15.2. The third kappa shape index (κ3) is 1.68. The van der Waals surface area contributed by atoms with Gasteiger partial charge in [0.15, 0.2) is 0 Å². The van der Waals surface area contributed by atoms with Crippen molar-refractivity contribution in [2.75, 3.05) is 0 Å². The van der Waals surface area contributed by atoms with Gasteiger partial charge in [0.1, 0.15) is 11.3 Å². The maximum absolute atomic E-state index is 11.2. The third-order valence-electron chi connectivity index (χ3n) is 3.41. The number of rotatable bonds is 4. The molecule has 2 aromatic rings. The summed E-state index contributed by atoms with van der Waals surface area (Å²) in [6, 6.07) is 5.94. The zero-order chi connectivity index (χ0) is 12.7. The highest BCUT2D eigenvalue weighted by Crippen LogP contribution is 2.39. The lowest BCUT2D eigenvalue weighted by atomic mass is 10.2. The van der Waals surface area contributed by atoms with Gasteiger partial charge in [0.05, 0.1) is 11.1 Å². The number of hydrogen-bond acceptors (Lipinski definition) is 2.